The summed E-state index contributed by atoms with van der Waals surface area (Å²) in [5.74, 6) is -1.09. The first kappa shape index (κ1) is 22.4. The van der Waals surface area contributed by atoms with Crippen molar-refractivity contribution in [1.82, 2.24) is 5.32 Å². The number of halogens is 1. The first-order valence-electron chi connectivity index (χ1n) is 10.0. The van der Waals surface area contributed by atoms with Crippen LogP contribution in [0, 0.1) is 0 Å². The molecule has 0 aromatic heterocycles. The van der Waals surface area contributed by atoms with Gasteiger partial charge in [0.1, 0.15) is 6.54 Å². The molecule has 2 amide bonds. The third-order valence-electron chi connectivity index (χ3n) is 4.64. The molecule has 0 bridgehead atoms. The molecule has 0 saturated carbocycles. The summed E-state index contributed by atoms with van der Waals surface area (Å²) in [4.78, 5) is 38.6. The van der Waals surface area contributed by atoms with Crippen molar-refractivity contribution in [3.05, 3.63) is 70.9 Å². The molecule has 2 aromatic rings. The van der Waals surface area contributed by atoms with E-state index in [1.54, 1.807) is 37.3 Å². The van der Waals surface area contributed by atoms with Crippen LogP contribution in [0.1, 0.15) is 18.9 Å². The molecule has 7 nitrogen and oxygen atoms in total. The average molecular weight is 442 g/mol. The molecule has 162 valence electrons. The standard InChI is InChI=1S/C23H24ClN3O4/c1-2-31-23(30)14-18-13-22(29)27(20-6-4-3-5-19(20)26-18)15-21(28)25-12-11-16-7-9-17(24)10-8-16/h3-10,13,26H,2,11-12,14-15H2,1H3,(H,25,28). The highest BCUT2D eigenvalue weighted by Gasteiger charge is 2.24. The summed E-state index contributed by atoms with van der Waals surface area (Å²) in [6.45, 7) is 2.28. The molecule has 0 saturated heterocycles. The van der Waals surface area contributed by atoms with E-state index in [-0.39, 0.29) is 31.4 Å². The summed E-state index contributed by atoms with van der Waals surface area (Å²) in [5.41, 5.74) is 2.67. The Balaban J connectivity index is 1.66. The lowest BCUT2D eigenvalue weighted by molar-refractivity contribution is -0.142. The summed E-state index contributed by atoms with van der Waals surface area (Å²) in [5, 5.41) is 6.61. The van der Waals surface area contributed by atoms with Gasteiger partial charge >= 0.3 is 5.97 Å². The summed E-state index contributed by atoms with van der Waals surface area (Å²) in [7, 11) is 0. The van der Waals surface area contributed by atoms with E-state index in [0.29, 0.717) is 35.1 Å². The van der Waals surface area contributed by atoms with E-state index in [1.807, 2.05) is 18.2 Å². The predicted octanol–water partition coefficient (Wildman–Crippen LogP) is 3.29. The van der Waals surface area contributed by atoms with E-state index >= 15 is 0 Å². The number of esters is 1. The van der Waals surface area contributed by atoms with Crippen LogP contribution >= 0.6 is 11.6 Å². The van der Waals surface area contributed by atoms with Crippen LogP contribution in [0.4, 0.5) is 11.4 Å². The van der Waals surface area contributed by atoms with Gasteiger partial charge in [0, 0.05) is 23.3 Å². The molecular weight excluding hydrogens is 418 g/mol. The Morgan fingerprint density at radius 2 is 1.87 bits per heavy atom. The monoisotopic (exact) mass is 441 g/mol. The van der Waals surface area contributed by atoms with Crippen LogP contribution in [0.2, 0.25) is 5.02 Å². The highest BCUT2D eigenvalue weighted by Crippen LogP contribution is 2.30. The van der Waals surface area contributed by atoms with Crippen LogP contribution in [0.15, 0.2) is 60.3 Å². The van der Waals surface area contributed by atoms with E-state index in [2.05, 4.69) is 10.6 Å². The maximum atomic E-state index is 12.9. The zero-order chi connectivity index (χ0) is 22.2. The van der Waals surface area contributed by atoms with Gasteiger partial charge in [0.2, 0.25) is 5.91 Å². The fourth-order valence-electron chi connectivity index (χ4n) is 3.19. The maximum absolute atomic E-state index is 12.9. The third-order valence-corrected chi connectivity index (χ3v) is 4.90. The van der Waals surface area contributed by atoms with Crippen LogP contribution in [0.25, 0.3) is 0 Å². The molecule has 0 atom stereocenters. The molecule has 0 fully saturated rings. The zero-order valence-corrected chi connectivity index (χ0v) is 17.9. The van der Waals surface area contributed by atoms with Crippen molar-refractivity contribution in [1.29, 1.82) is 0 Å². The Kier molecular flexibility index (Phi) is 7.67. The minimum absolute atomic E-state index is 0.0605. The maximum Gasteiger partial charge on any atom is 0.311 e. The van der Waals surface area contributed by atoms with Crippen LogP contribution < -0.4 is 15.5 Å². The smallest absolute Gasteiger partial charge is 0.311 e. The quantitative estimate of drug-likeness (QED) is 0.614. The predicted molar refractivity (Wildman–Crippen MR) is 120 cm³/mol. The molecule has 8 heteroatoms. The van der Waals surface area contributed by atoms with Crippen LogP contribution in [0.3, 0.4) is 0 Å². The van der Waals surface area contributed by atoms with E-state index in [4.69, 9.17) is 16.3 Å². The molecule has 2 aromatic carbocycles. The number of carbonyl (C=O) groups excluding carboxylic acids is 3. The normalized spacial score (nSPS) is 12.9. The van der Waals surface area contributed by atoms with E-state index in [0.717, 1.165) is 5.56 Å². The Hall–Kier alpha value is -3.32. The van der Waals surface area contributed by atoms with Crippen molar-refractivity contribution in [2.75, 3.05) is 29.9 Å². The Morgan fingerprint density at radius 3 is 2.61 bits per heavy atom. The second-order valence-corrected chi connectivity index (χ2v) is 7.38. The van der Waals surface area contributed by atoms with E-state index in [1.165, 1.54) is 11.0 Å². The van der Waals surface area contributed by atoms with Gasteiger partial charge in [0.15, 0.2) is 0 Å². The highest BCUT2D eigenvalue weighted by atomic mass is 35.5. The van der Waals surface area contributed by atoms with Crippen molar-refractivity contribution in [3.63, 3.8) is 0 Å². The van der Waals surface area contributed by atoms with Crippen LogP contribution in [0.5, 0.6) is 0 Å². The number of nitrogens with zero attached hydrogens (tertiary/aromatic N) is 1. The Morgan fingerprint density at radius 1 is 1.13 bits per heavy atom. The van der Waals surface area contributed by atoms with Crippen molar-refractivity contribution >= 4 is 40.8 Å². The van der Waals surface area contributed by atoms with Crippen LogP contribution in [-0.4, -0.2) is 37.5 Å². The number of carbonyl (C=O) groups is 3. The van der Waals surface area contributed by atoms with E-state index < -0.39 is 5.97 Å². The van der Waals surface area contributed by atoms with Crippen LogP contribution in [-0.2, 0) is 25.5 Å². The number of ether oxygens (including phenoxy) is 1. The number of anilines is 2. The number of hydrogen-bond acceptors (Lipinski definition) is 5. The molecule has 2 N–H and O–H groups in total. The first-order valence-corrected chi connectivity index (χ1v) is 10.4. The molecule has 31 heavy (non-hydrogen) atoms. The summed E-state index contributed by atoms with van der Waals surface area (Å²) >= 11 is 5.88. The fourth-order valence-corrected chi connectivity index (χ4v) is 3.32. The van der Waals surface area contributed by atoms with Gasteiger partial charge in [-0.15, -0.1) is 0 Å². The van der Waals surface area contributed by atoms with Crippen molar-refractivity contribution in [2.45, 2.75) is 19.8 Å². The lowest BCUT2D eigenvalue weighted by Crippen LogP contribution is -2.40. The molecule has 1 aliphatic heterocycles. The summed E-state index contributed by atoms with van der Waals surface area (Å²) in [6.07, 6.45) is 1.92. The van der Waals surface area contributed by atoms with Gasteiger partial charge in [-0.3, -0.25) is 19.3 Å². The lowest BCUT2D eigenvalue weighted by Gasteiger charge is -2.21. The van der Waals surface area contributed by atoms with Gasteiger partial charge in [0.05, 0.1) is 24.4 Å². The number of hydrogen-bond donors (Lipinski definition) is 2. The van der Waals surface area contributed by atoms with Crippen molar-refractivity contribution < 1.29 is 19.1 Å². The molecular formula is C23H24ClN3O4. The van der Waals surface area contributed by atoms with Gasteiger partial charge in [-0.2, -0.15) is 0 Å². The Bertz CT molecular complexity index is 989. The fraction of sp³-hybridized carbons (Fsp3) is 0.261. The van der Waals surface area contributed by atoms with E-state index in [9.17, 15) is 14.4 Å². The van der Waals surface area contributed by atoms with Gasteiger partial charge in [-0.05, 0) is 43.2 Å². The molecule has 3 rings (SSSR count). The van der Waals surface area contributed by atoms with Crippen molar-refractivity contribution in [3.8, 4) is 0 Å². The van der Waals surface area contributed by atoms with Gasteiger partial charge < -0.3 is 15.4 Å². The summed E-state index contributed by atoms with van der Waals surface area (Å²) < 4.78 is 4.97. The molecule has 0 spiro atoms. The topological polar surface area (TPSA) is 87.7 Å². The number of fused-ring (bicyclic) bond motifs is 1. The average Bonchev–Trinajstić information content (AvgIpc) is 2.86. The molecule has 0 unspecified atom stereocenters. The van der Waals surface area contributed by atoms with Gasteiger partial charge in [-0.1, -0.05) is 35.9 Å². The number of para-hydroxylation sites is 2. The first-order chi connectivity index (χ1) is 15.0. The second-order valence-electron chi connectivity index (χ2n) is 6.94. The molecule has 0 radical (unpaired) electrons. The van der Waals surface area contributed by atoms with Gasteiger partial charge in [-0.25, -0.2) is 0 Å². The Labute approximate surface area is 186 Å². The number of benzene rings is 2. The lowest BCUT2D eigenvalue weighted by atomic mass is 10.1. The number of amides is 2. The highest BCUT2D eigenvalue weighted by molar-refractivity contribution is 6.30. The van der Waals surface area contributed by atoms with Gasteiger partial charge in [0.25, 0.3) is 5.91 Å². The second kappa shape index (κ2) is 10.6. The molecule has 1 aliphatic rings. The zero-order valence-electron chi connectivity index (χ0n) is 17.2. The third kappa shape index (κ3) is 6.33. The minimum atomic E-state index is -0.431. The SMILES string of the molecule is CCOC(=O)CC1=CC(=O)N(CC(=O)NCCc2ccc(Cl)cc2)c2ccccc2N1. The molecule has 0 aliphatic carbocycles. The summed E-state index contributed by atoms with van der Waals surface area (Å²) in [6, 6.07) is 14.6. The molecule has 1 heterocycles. The number of rotatable bonds is 8. The largest absolute Gasteiger partial charge is 0.466 e. The number of nitrogens with one attached hydrogen (secondary N) is 2. The van der Waals surface area contributed by atoms with Crippen molar-refractivity contribution in [2.24, 2.45) is 0 Å². The minimum Gasteiger partial charge on any atom is -0.466 e.